The molecule has 0 radical (unpaired) electrons. The summed E-state index contributed by atoms with van der Waals surface area (Å²) < 4.78 is 18.9. The summed E-state index contributed by atoms with van der Waals surface area (Å²) in [6, 6.07) is 17.3. The van der Waals surface area contributed by atoms with E-state index in [9.17, 15) is 9.18 Å². The van der Waals surface area contributed by atoms with Gasteiger partial charge in [-0.1, -0.05) is 17.3 Å². The minimum atomic E-state index is -0.341. The third kappa shape index (κ3) is 4.61. The van der Waals surface area contributed by atoms with Gasteiger partial charge in [0.05, 0.1) is 12.0 Å². The van der Waals surface area contributed by atoms with Crippen LogP contribution in [-0.2, 0) is 11.2 Å². The van der Waals surface area contributed by atoms with Crippen LogP contribution in [0.3, 0.4) is 0 Å². The third-order valence-corrected chi connectivity index (χ3v) is 4.85. The van der Waals surface area contributed by atoms with Crippen LogP contribution in [0, 0.1) is 5.82 Å². The monoisotopic (exact) mass is 416 g/mol. The van der Waals surface area contributed by atoms with Crippen molar-refractivity contribution < 1.29 is 13.7 Å². The molecule has 0 aliphatic carbocycles. The number of nitrogens with zero attached hydrogens (tertiary/aromatic N) is 3. The first kappa shape index (κ1) is 20.3. The minimum Gasteiger partial charge on any atom is -0.378 e. The highest BCUT2D eigenvalue weighted by atomic mass is 19.1. The number of pyridine rings is 1. The molecule has 0 atom stereocenters. The van der Waals surface area contributed by atoms with Crippen LogP contribution in [0.1, 0.15) is 5.56 Å². The van der Waals surface area contributed by atoms with Crippen molar-refractivity contribution in [1.29, 1.82) is 0 Å². The smallest absolute Gasteiger partial charge is 0.239 e. The molecule has 4 aromatic rings. The van der Waals surface area contributed by atoms with Gasteiger partial charge in [0.1, 0.15) is 11.5 Å². The molecule has 2 aromatic heterocycles. The van der Waals surface area contributed by atoms with E-state index in [0.717, 1.165) is 16.8 Å². The highest BCUT2D eigenvalue weighted by molar-refractivity contribution is 5.97. The SMILES string of the molecule is CN(C)c1ccc(CC(=O)Nc2onc(-c3ccc(F)cc3)c2-c2ccncc2)cc1. The Morgan fingerprint density at radius 2 is 1.65 bits per heavy atom. The number of hydrogen-bond acceptors (Lipinski definition) is 5. The van der Waals surface area contributed by atoms with E-state index < -0.39 is 0 Å². The van der Waals surface area contributed by atoms with E-state index in [1.54, 1.807) is 36.7 Å². The van der Waals surface area contributed by atoms with Gasteiger partial charge in [-0.3, -0.25) is 15.1 Å². The highest BCUT2D eigenvalue weighted by Crippen LogP contribution is 2.37. The highest BCUT2D eigenvalue weighted by Gasteiger charge is 2.21. The van der Waals surface area contributed by atoms with Gasteiger partial charge in [-0.15, -0.1) is 0 Å². The number of amides is 1. The first-order chi connectivity index (χ1) is 15.0. The van der Waals surface area contributed by atoms with Crippen molar-refractivity contribution in [3.63, 3.8) is 0 Å². The Balaban J connectivity index is 1.62. The number of aromatic nitrogens is 2. The molecule has 4 rings (SSSR count). The Hall–Kier alpha value is -4.00. The van der Waals surface area contributed by atoms with Gasteiger partial charge >= 0.3 is 0 Å². The van der Waals surface area contributed by atoms with Crippen LogP contribution >= 0.6 is 0 Å². The maximum atomic E-state index is 13.4. The molecule has 2 heterocycles. The number of carbonyl (C=O) groups excluding carboxylic acids is 1. The molecule has 0 unspecified atom stereocenters. The van der Waals surface area contributed by atoms with Crippen LogP contribution in [0.15, 0.2) is 77.6 Å². The molecular weight excluding hydrogens is 395 g/mol. The fourth-order valence-electron chi connectivity index (χ4n) is 3.23. The summed E-state index contributed by atoms with van der Waals surface area (Å²) in [6.45, 7) is 0. The Morgan fingerprint density at radius 3 is 2.29 bits per heavy atom. The van der Waals surface area contributed by atoms with E-state index in [1.165, 1.54) is 12.1 Å². The molecule has 0 spiro atoms. The standard InChI is InChI=1S/C24H21FN4O2/c1-29(2)20-9-3-16(4-10-20)15-21(30)27-24-22(17-11-13-26-14-12-17)23(28-31-24)18-5-7-19(25)8-6-18/h3-14H,15H2,1-2H3,(H,27,30). The van der Waals surface area contributed by atoms with Crippen LogP contribution in [-0.4, -0.2) is 30.1 Å². The largest absolute Gasteiger partial charge is 0.378 e. The van der Waals surface area contributed by atoms with Crippen LogP contribution in [0.2, 0.25) is 0 Å². The first-order valence-corrected chi connectivity index (χ1v) is 9.73. The Bertz CT molecular complexity index is 1170. The number of nitrogens with one attached hydrogen (secondary N) is 1. The van der Waals surface area contributed by atoms with Crippen LogP contribution < -0.4 is 10.2 Å². The molecule has 0 aliphatic rings. The van der Waals surface area contributed by atoms with Crippen molar-refractivity contribution in [3.8, 4) is 22.4 Å². The molecule has 6 nitrogen and oxygen atoms in total. The Morgan fingerprint density at radius 1 is 0.968 bits per heavy atom. The third-order valence-electron chi connectivity index (χ3n) is 4.85. The van der Waals surface area contributed by atoms with Gasteiger partial charge in [0.2, 0.25) is 11.8 Å². The molecule has 0 bridgehead atoms. The maximum absolute atomic E-state index is 13.4. The summed E-state index contributed by atoms with van der Waals surface area (Å²) in [5, 5.41) is 6.97. The second-order valence-corrected chi connectivity index (χ2v) is 7.26. The summed E-state index contributed by atoms with van der Waals surface area (Å²) in [7, 11) is 3.93. The van der Waals surface area contributed by atoms with E-state index in [4.69, 9.17) is 4.52 Å². The van der Waals surface area contributed by atoms with Crippen LogP contribution in [0.25, 0.3) is 22.4 Å². The Labute approximate surface area is 179 Å². The molecule has 1 amide bonds. The van der Waals surface area contributed by atoms with Crippen molar-refractivity contribution in [1.82, 2.24) is 10.1 Å². The minimum absolute atomic E-state index is 0.191. The molecule has 156 valence electrons. The zero-order valence-electron chi connectivity index (χ0n) is 17.2. The zero-order valence-corrected chi connectivity index (χ0v) is 17.2. The van der Waals surface area contributed by atoms with Gasteiger partial charge in [-0.25, -0.2) is 4.39 Å². The van der Waals surface area contributed by atoms with Gasteiger partial charge in [-0.2, -0.15) is 0 Å². The lowest BCUT2D eigenvalue weighted by Gasteiger charge is -2.12. The van der Waals surface area contributed by atoms with E-state index in [0.29, 0.717) is 16.8 Å². The lowest BCUT2D eigenvalue weighted by molar-refractivity contribution is -0.115. The fraction of sp³-hybridized carbons (Fsp3) is 0.125. The molecule has 2 aromatic carbocycles. The molecule has 31 heavy (non-hydrogen) atoms. The predicted octanol–water partition coefficient (Wildman–Crippen LogP) is 4.79. The van der Waals surface area contributed by atoms with Crippen molar-refractivity contribution in [3.05, 3.63) is 84.4 Å². The summed E-state index contributed by atoms with van der Waals surface area (Å²) in [5.41, 5.74) is 4.52. The summed E-state index contributed by atoms with van der Waals surface area (Å²) >= 11 is 0. The van der Waals surface area contributed by atoms with E-state index in [-0.39, 0.29) is 24.0 Å². The number of benzene rings is 2. The van der Waals surface area contributed by atoms with Gasteiger partial charge < -0.3 is 9.42 Å². The first-order valence-electron chi connectivity index (χ1n) is 9.73. The molecule has 0 fully saturated rings. The van der Waals surface area contributed by atoms with Gasteiger partial charge in [0.25, 0.3) is 0 Å². The number of rotatable bonds is 6. The van der Waals surface area contributed by atoms with Gasteiger partial charge in [0, 0.05) is 37.7 Å². The fourth-order valence-corrected chi connectivity index (χ4v) is 3.23. The average molecular weight is 416 g/mol. The Kier molecular flexibility index (Phi) is 5.75. The summed E-state index contributed by atoms with van der Waals surface area (Å²) in [5.74, 6) is -0.332. The molecule has 0 aliphatic heterocycles. The van der Waals surface area contributed by atoms with Crippen molar-refractivity contribution in [2.24, 2.45) is 0 Å². The van der Waals surface area contributed by atoms with Crippen LogP contribution in [0.5, 0.6) is 0 Å². The van der Waals surface area contributed by atoms with Gasteiger partial charge in [-0.05, 0) is 59.7 Å². The van der Waals surface area contributed by atoms with E-state index in [1.807, 2.05) is 43.3 Å². The second-order valence-electron chi connectivity index (χ2n) is 7.26. The topological polar surface area (TPSA) is 71.3 Å². The van der Waals surface area contributed by atoms with E-state index >= 15 is 0 Å². The predicted molar refractivity (Wildman–Crippen MR) is 118 cm³/mol. The number of anilines is 2. The number of halogens is 1. The molecule has 0 saturated heterocycles. The lowest BCUT2D eigenvalue weighted by Crippen LogP contribution is -2.15. The number of hydrogen-bond donors (Lipinski definition) is 1. The summed E-state index contributed by atoms with van der Waals surface area (Å²) in [4.78, 5) is 18.7. The molecular formula is C24H21FN4O2. The average Bonchev–Trinajstić information content (AvgIpc) is 3.18. The van der Waals surface area contributed by atoms with Crippen molar-refractivity contribution in [2.75, 3.05) is 24.3 Å². The molecule has 7 heteroatoms. The van der Waals surface area contributed by atoms with Crippen molar-refractivity contribution >= 4 is 17.5 Å². The van der Waals surface area contributed by atoms with Crippen LogP contribution in [0.4, 0.5) is 16.0 Å². The van der Waals surface area contributed by atoms with Gasteiger partial charge in [0.15, 0.2) is 0 Å². The van der Waals surface area contributed by atoms with E-state index in [2.05, 4.69) is 15.5 Å². The number of carbonyl (C=O) groups is 1. The zero-order chi connectivity index (χ0) is 21.8. The normalized spacial score (nSPS) is 10.7. The quantitative estimate of drug-likeness (QED) is 0.489. The maximum Gasteiger partial charge on any atom is 0.239 e. The lowest BCUT2D eigenvalue weighted by atomic mass is 10.0. The molecule has 0 saturated carbocycles. The second kappa shape index (κ2) is 8.79. The summed E-state index contributed by atoms with van der Waals surface area (Å²) in [6.07, 6.45) is 3.49. The van der Waals surface area contributed by atoms with Crippen molar-refractivity contribution in [2.45, 2.75) is 6.42 Å². The molecule has 1 N–H and O–H groups in total.